The van der Waals surface area contributed by atoms with Crippen LogP contribution in [0.3, 0.4) is 0 Å². The Labute approximate surface area is 164 Å². The molecule has 2 heterocycles. The van der Waals surface area contributed by atoms with E-state index in [1.807, 2.05) is 31.2 Å². The summed E-state index contributed by atoms with van der Waals surface area (Å²) in [5.74, 6) is 0.559. The fourth-order valence-corrected chi connectivity index (χ4v) is 3.67. The zero-order valence-corrected chi connectivity index (χ0v) is 16.3. The zero-order chi connectivity index (χ0) is 20.1. The molecular weight excluding hydrogens is 358 g/mol. The Hall–Kier alpha value is -3.09. The number of amides is 2. The van der Waals surface area contributed by atoms with Gasteiger partial charge in [-0.25, -0.2) is 0 Å². The van der Waals surface area contributed by atoms with Crippen LogP contribution >= 0.6 is 0 Å². The van der Waals surface area contributed by atoms with Gasteiger partial charge in [-0.3, -0.25) is 14.6 Å². The first kappa shape index (κ1) is 19.7. The summed E-state index contributed by atoms with van der Waals surface area (Å²) in [6.07, 6.45) is 3.56. The predicted octanol–water partition coefficient (Wildman–Crippen LogP) is 2.32. The SMILES string of the molecule is CCN1C(=O)C[C@@H](C(=O)NCc2ccncc2)[C@@H]1c1ccc(OC)c(OC)c1. The molecule has 1 aromatic heterocycles. The highest BCUT2D eigenvalue weighted by Gasteiger charge is 2.43. The molecule has 0 saturated carbocycles. The maximum atomic E-state index is 12.9. The van der Waals surface area contributed by atoms with Crippen molar-refractivity contribution in [2.24, 2.45) is 5.92 Å². The molecule has 7 nitrogen and oxygen atoms in total. The standard InChI is InChI=1S/C21H25N3O4/c1-4-24-19(25)12-16(21(26)23-13-14-7-9-22-10-8-14)20(24)15-5-6-17(27-2)18(11-15)28-3/h5-11,16,20H,4,12-13H2,1-3H3,(H,23,26)/t16-,20+/m1/s1. The summed E-state index contributed by atoms with van der Waals surface area (Å²) >= 11 is 0. The second kappa shape index (κ2) is 8.73. The van der Waals surface area contributed by atoms with Crippen molar-refractivity contribution in [3.8, 4) is 11.5 Å². The molecule has 2 atom stereocenters. The predicted molar refractivity (Wildman–Crippen MR) is 104 cm³/mol. The first-order valence-corrected chi connectivity index (χ1v) is 9.27. The third-order valence-electron chi connectivity index (χ3n) is 5.07. The Morgan fingerprint density at radius 2 is 1.89 bits per heavy atom. The summed E-state index contributed by atoms with van der Waals surface area (Å²) in [5.41, 5.74) is 1.82. The van der Waals surface area contributed by atoms with Crippen LogP contribution in [0, 0.1) is 5.92 Å². The Kier molecular flexibility index (Phi) is 6.13. The fraction of sp³-hybridized carbons (Fsp3) is 0.381. The number of nitrogens with one attached hydrogen (secondary N) is 1. The van der Waals surface area contributed by atoms with Crippen LogP contribution in [-0.2, 0) is 16.1 Å². The van der Waals surface area contributed by atoms with Gasteiger partial charge in [-0.05, 0) is 42.3 Å². The first-order chi connectivity index (χ1) is 13.6. The van der Waals surface area contributed by atoms with Gasteiger partial charge in [-0.15, -0.1) is 0 Å². The number of likely N-dealkylation sites (tertiary alicyclic amines) is 1. The minimum atomic E-state index is -0.465. The third kappa shape index (κ3) is 3.93. The lowest BCUT2D eigenvalue weighted by atomic mass is 9.92. The van der Waals surface area contributed by atoms with E-state index in [0.717, 1.165) is 11.1 Å². The number of carbonyl (C=O) groups is 2. The molecular formula is C21H25N3O4. The van der Waals surface area contributed by atoms with Crippen LogP contribution in [-0.4, -0.2) is 42.5 Å². The summed E-state index contributed by atoms with van der Waals surface area (Å²) in [6.45, 7) is 2.85. The van der Waals surface area contributed by atoms with Gasteiger partial charge < -0.3 is 19.7 Å². The molecule has 28 heavy (non-hydrogen) atoms. The smallest absolute Gasteiger partial charge is 0.226 e. The van der Waals surface area contributed by atoms with Crippen LogP contribution in [0.4, 0.5) is 0 Å². The van der Waals surface area contributed by atoms with Gasteiger partial charge in [0, 0.05) is 31.9 Å². The van der Waals surface area contributed by atoms with E-state index in [4.69, 9.17) is 9.47 Å². The topological polar surface area (TPSA) is 80.8 Å². The molecule has 1 aliphatic rings. The molecule has 0 unspecified atom stereocenters. The maximum Gasteiger partial charge on any atom is 0.226 e. The highest BCUT2D eigenvalue weighted by molar-refractivity contribution is 5.90. The molecule has 2 aromatic rings. The number of hydrogen-bond acceptors (Lipinski definition) is 5. The largest absolute Gasteiger partial charge is 0.493 e. The monoisotopic (exact) mass is 383 g/mol. The quantitative estimate of drug-likeness (QED) is 0.794. The molecule has 0 aliphatic carbocycles. The Morgan fingerprint density at radius 3 is 2.54 bits per heavy atom. The number of methoxy groups -OCH3 is 2. The Balaban J connectivity index is 1.85. The van der Waals surface area contributed by atoms with Crippen LogP contribution in [0.1, 0.15) is 30.5 Å². The van der Waals surface area contributed by atoms with Crippen molar-refractivity contribution in [2.45, 2.75) is 25.9 Å². The number of hydrogen-bond donors (Lipinski definition) is 1. The number of pyridine rings is 1. The number of benzene rings is 1. The minimum absolute atomic E-state index is 0.0219. The first-order valence-electron chi connectivity index (χ1n) is 9.27. The second-order valence-electron chi connectivity index (χ2n) is 6.62. The van der Waals surface area contributed by atoms with Gasteiger partial charge in [-0.1, -0.05) is 6.07 Å². The molecule has 0 spiro atoms. The van der Waals surface area contributed by atoms with Crippen molar-refractivity contribution in [1.29, 1.82) is 0 Å². The number of aromatic nitrogens is 1. The van der Waals surface area contributed by atoms with E-state index in [-0.39, 0.29) is 24.3 Å². The molecule has 0 radical (unpaired) electrons. The van der Waals surface area contributed by atoms with Crippen molar-refractivity contribution in [3.05, 3.63) is 53.9 Å². The van der Waals surface area contributed by atoms with Crippen LogP contribution in [0.5, 0.6) is 11.5 Å². The van der Waals surface area contributed by atoms with Gasteiger partial charge in [0.25, 0.3) is 0 Å². The number of rotatable bonds is 7. The summed E-state index contributed by atoms with van der Waals surface area (Å²) in [7, 11) is 3.14. The van der Waals surface area contributed by atoms with Crippen molar-refractivity contribution >= 4 is 11.8 Å². The highest BCUT2D eigenvalue weighted by Crippen LogP contribution is 2.41. The van der Waals surface area contributed by atoms with Crippen molar-refractivity contribution < 1.29 is 19.1 Å². The van der Waals surface area contributed by atoms with E-state index >= 15 is 0 Å². The van der Waals surface area contributed by atoms with E-state index in [0.29, 0.717) is 24.6 Å². The second-order valence-corrected chi connectivity index (χ2v) is 6.62. The summed E-state index contributed by atoms with van der Waals surface area (Å²) in [6, 6.07) is 8.89. The number of ether oxygens (including phenoxy) is 2. The number of nitrogens with zero attached hydrogens (tertiary/aromatic N) is 2. The van der Waals surface area contributed by atoms with Gasteiger partial charge in [-0.2, -0.15) is 0 Å². The lowest BCUT2D eigenvalue weighted by Gasteiger charge is -2.27. The van der Waals surface area contributed by atoms with Gasteiger partial charge in [0.15, 0.2) is 11.5 Å². The molecule has 1 saturated heterocycles. The van der Waals surface area contributed by atoms with Crippen molar-refractivity contribution in [1.82, 2.24) is 15.2 Å². The molecule has 2 amide bonds. The van der Waals surface area contributed by atoms with Crippen molar-refractivity contribution in [3.63, 3.8) is 0 Å². The normalized spacial score (nSPS) is 18.8. The van der Waals surface area contributed by atoms with E-state index < -0.39 is 5.92 Å². The van der Waals surface area contributed by atoms with E-state index in [9.17, 15) is 9.59 Å². The van der Waals surface area contributed by atoms with E-state index in [2.05, 4.69) is 10.3 Å². The van der Waals surface area contributed by atoms with Crippen LogP contribution in [0.2, 0.25) is 0 Å². The van der Waals surface area contributed by atoms with E-state index in [1.165, 1.54) is 0 Å². The summed E-state index contributed by atoms with van der Waals surface area (Å²) in [4.78, 5) is 31.2. The molecule has 3 rings (SSSR count). The maximum absolute atomic E-state index is 12.9. The molecule has 1 aliphatic heterocycles. The average Bonchev–Trinajstić information content (AvgIpc) is 3.08. The average molecular weight is 383 g/mol. The summed E-state index contributed by atoms with van der Waals surface area (Å²) < 4.78 is 10.7. The molecule has 0 bridgehead atoms. The molecule has 1 aromatic carbocycles. The Bertz CT molecular complexity index is 841. The highest BCUT2D eigenvalue weighted by atomic mass is 16.5. The molecule has 1 N–H and O–H groups in total. The fourth-order valence-electron chi connectivity index (χ4n) is 3.67. The molecule has 1 fully saturated rings. The van der Waals surface area contributed by atoms with Gasteiger partial charge >= 0.3 is 0 Å². The Morgan fingerprint density at radius 1 is 1.18 bits per heavy atom. The van der Waals surface area contributed by atoms with Gasteiger partial charge in [0.2, 0.25) is 11.8 Å². The molecule has 148 valence electrons. The minimum Gasteiger partial charge on any atom is -0.493 e. The third-order valence-corrected chi connectivity index (χ3v) is 5.07. The lowest BCUT2D eigenvalue weighted by molar-refractivity contribution is -0.129. The zero-order valence-electron chi connectivity index (χ0n) is 16.3. The van der Waals surface area contributed by atoms with E-state index in [1.54, 1.807) is 37.6 Å². The molecule has 7 heteroatoms. The van der Waals surface area contributed by atoms with Crippen LogP contribution < -0.4 is 14.8 Å². The lowest BCUT2D eigenvalue weighted by Crippen LogP contribution is -2.35. The summed E-state index contributed by atoms with van der Waals surface area (Å²) in [5, 5.41) is 2.96. The van der Waals surface area contributed by atoms with Crippen molar-refractivity contribution in [2.75, 3.05) is 20.8 Å². The van der Waals surface area contributed by atoms with Crippen LogP contribution in [0.15, 0.2) is 42.7 Å². The van der Waals surface area contributed by atoms with Crippen LogP contribution in [0.25, 0.3) is 0 Å². The number of carbonyl (C=O) groups excluding carboxylic acids is 2. The van der Waals surface area contributed by atoms with Gasteiger partial charge in [0.1, 0.15) is 0 Å². The van der Waals surface area contributed by atoms with Gasteiger partial charge in [0.05, 0.1) is 26.2 Å².